The van der Waals surface area contributed by atoms with Crippen molar-refractivity contribution >= 4 is 28.4 Å². The Labute approximate surface area is 123 Å². The van der Waals surface area contributed by atoms with Crippen molar-refractivity contribution in [2.45, 2.75) is 32.1 Å². The second kappa shape index (κ2) is 5.44. The molecule has 3 rings (SSSR count). The summed E-state index contributed by atoms with van der Waals surface area (Å²) >= 11 is 6.19. The van der Waals surface area contributed by atoms with Crippen molar-refractivity contribution in [3.05, 3.63) is 28.9 Å². The molecule has 0 atom stereocenters. The van der Waals surface area contributed by atoms with E-state index in [2.05, 4.69) is 10.2 Å². The molecule has 1 aromatic heterocycles. The second-order valence-electron chi connectivity index (χ2n) is 5.33. The van der Waals surface area contributed by atoms with Gasteiger partial charge in [-0.15, -0.1) is 0 Å². The minimum atomic E-state index is 0.253. The highest BCUT2D eigenvalue weighted by atomic mass is 35.5. The van der Waals surface area contributed by atoms with E-state index in [9.17, 15) is 4.79 Å². The van der Waals surface area contributed by atoms with Gasteiger partial charge in [0.25, 0.3) is 0 Å². The fraction of sp³-hybridized carbons (Fsp3) is 0.467. The van der Waals surface area contributed by atoms with Crippen LogP contribution in [0, 0.1) is 0 Å². The van der Waals surface area contributed by atoms with Crippen LogP contribution in [0.15, 0.2) is 18.3 Å². The van der Waals surface area contributed by atoms with Crippen molar-refractivity contribution < 1.29 is 4.79 Å². The van der Waals surface area contributed by atoms with Crippen molar-refractivity contribution in [1.29, 1.82) is 0 Å². The van der Waals surface area contributed by atoms with Crippen molar-refractivity contribution in [3.63, 3.8) is 0 Å². The fourth-order valence-electron chi connectivity index (χ4n) is 3.04. The van der Waals surface area contributed by atoms with Crippen LogP contribution in [0.2, 0.25) is 5.02 Å². The van der Waals surface area contributed by atoms with Crippen molar-refractivity contribution in [1.82, 2.24) is 15.1 Å². The summed E-state index contributed by atoms with van der Waals surface area (Å²) in [6.45, 7) is 3.59. The zero-order chi connectivity index (χ0) is 14.1. The largest absolute Gasteiger partial charge is 0.343 e. The van der Waals surface area contributed by atoms with Gasteiger partial charge in [-0.05, 0) is 36.5 Å². The predicted octanol–water partition coefficient (Wildman–Crippen LogP) is 3.33. The molecular weight excluding hydrogens is 274 g/mol. The highest BCUT2D eigenvalue weighted by Gasteiger charge is 2.24. The lowest BCUT2D eigenvalue weighted by atomic mass is 9.87. The molecule has 0 saturated carbocycles. The molecule has 4 nitrogen and oxygen atoms in total. The first-order valence-electron chi connectivity index (χ1n) is 7.09. The quantitative estimate of drug-likeness (QED) is 0.922. The number of benzene rings is 1. The summed E-state index contributed by atoms with van der Waals surface area (Å²) in [6, 6.07) is 3.95. The molecule has 1 saturated heterocycles. The average Bonchev–Trinajstić information content (AvgIpc) is 2.94. The number of likely N-dealkylation sites (tertiary alicyclic amines) is 1. The number of nitrogens with one attached hydrogen (secondary N) is 1. The van der Waals surface area contributed by atoms with Crippen LogP contribution in [0.5, 0.6) is 0 Å². The third-order valence-corrected chi connectivity index (χ3v) is 4.36. The van der Waals surface area contributed by atoms with E-state index in [1.54, 1.807) is 0 Å². The molecule has 0 bridgehead atoms. The number of rotatable bonds is 2. The summed E-state index contributed by atoms with van der Waals surface area (Å²) in [4.78, 5) is 13.7. The van der Waals surface area contributed by atoms with Crippen LogP contribution in [0.25, 0.3) is 10.9 Å². The lowest BCUT2D eigenvalue weighted by Crippen LogP contribution is -2.37. The Hall–Kier alpha value is -1.55. The van der Waals surface area contributed by atoms with E-state index in [0.717, 1.165) is 41.9 Å². The maximum Gasteiger partial charge on any atom is 0.222 e. The van der Waals surface area contributed by atoms with E-state index in [1.807, 2.05) is 30.2 Å². The lowest BCUT2D eigenvalue weighted by Gasteiger charge is -2.32. The molecule has 1 aromatic carbocycles. The molecule has 5 heteroatoms. The van der Waals surface area contributed by atoms with Gasteiger partial charge in [-0.3, -0.25) is 9.89 Å². The maximum absolute atomic E-state index is 11.7. The van der Waals surface area contributed by atoms with Gasteiger partial charge in [-0.1, -0.05) is 18.5 Å². The highest BCUT2D eigenvalue weighted by Crippen LogP contribution is 2.34. The van der Waals surface area contributed by atoms with Gasteiger partial charge in [0.1, 0.15) is 0 Å². The first-order chi connectivity index (χ1) is 9.69. The summed E-state index contributed by atoms with van der Waals surface area (Å²) in [5.41, 5.74) is 2.24. The van der Waals surface area contributed by atoms with Crippen LogP contribution in [0.1, 0.15) is 37.7 Å². The van der Waals surface area contributed by atoms with Gasteiger partial charge in [0.05, 0.1) is 11.7 Å². The van der Waals surface area contributed by atoms with Crippen LogP contribution >= 0.6 is 11.6 Å². The predicted molar refractivity (Wildman–Crippen MR) is 79.9 cm³/mol. The Morgan fingerprint density at radius 2 is 2.20 bits per heavy atom. The minimum Gasteiger partial charge on any atom is -0.343 e. The van der Waals surface area contributed by atoms with Crippen molar-refractivity contribution in [3.8, 4) is 0 Å². The van der Waals surface area contributed by atoms with E-state index >= 15 is 0 Å². The first kappa shape index (κ1) is 13.4. The van der Waals surface area contributed by atoms with Crippen LogP contribution in [-0.4, -0.2) is 34.1 Å². The van der Waals surface area contributed by atoms with E-state index < -0.39 is 0 Å². The molecule has 106 valence electrons. The number of amides is 1. The molecule has 2 heterocycles. The standard InChI is InChI=1S/C15H18ClN3O/c1-2-15(20)19-5-3-10(4-6-19)12-7-11(16)8-14-13(12)9-17-18-14/h7-10H,2-6H2,1H3,(H,17,18). The topological polar surface area (TPSA) is 49.0 Å². The molecule has 0 radical (unpaired) electrons. The first-order valence-corrected chi connectivity index (χ1v) is 7.47. The van der Waals surface area contributed by atoms with Gasteiger partial charge in [0.15, 0.2) is 0 Å². The molecule has 1 fully saturated rings. The molecule has 0 aliphatic carbocycles. The number of hydrogen-bond acceptors (Lipinski definition) is 2. The summed E-state index contributed by atoms with van der Waals surface area (Å²) in [7, 11) is 0. The van der Waals surface area contributed by atoms with E-state index in [4.69, 9.17) is 11.6 Å². The monoisotopic (exact) mass is 291 g/mol. The van der Waals surface area contributed by atoms with Crippen LogP contribution in [0.3, 0.4) is 0 Å². The number of H-pyrrole nitrogens is 1. The Balaban J connectivity index is 1.83. The minimum absolute atomic E-state index is 0.253. The van der Waals surface area contributed by atoms with E-state index in [-0.39, 0.29) is 5.91 Å². The molecular formula is C15H18ClN3O. The molecule has 20 heavy (non-hydrogen) atoms. The summed E-state index contributed by atoms with van der Waals surface area (Å²) in [6.07, 6.45) is 4.44. The van der Waals surface area contributed by atoms with Gasteiger partial charge < -0.3 is 4.90 Å². The summed E-state index contributed by atoms with van der Waals surface area (Å²) < 4.78 is 0. The normalized spacial score (nSPS) is 16.8. The zero-order valence-electron chi connectivity index (χ0n) is 11.5. The van der Waals surface area contributed by atoms with E-state index in [0.29, 0.717) is 12.3 Å². The van der Waals surface area contributed by atoms with Crippen molar-refractivity contribution in [2.75, 3.05) is 13.1 Å². The number of piperidine rings is 1. The van der Waals surface area contributed by atoms with Crippen LogP contribution in [-0.2, 0) is 4.79 Å². The van der Waals surface area contributed by atoms with E-state index in [1.165, 1.54) is 5.56 Å². The molecule has 2 aromatic rings. The number of halogens is 1. The molecule has 1 aliphatic rings. The van der Waals surface area contributed by atoms with Gasteiger partial charge in [-0.25, -0.2) is 0 Å². The SMILES string of the molecule is CCC(=O)N1CCC(c2cc(Cl)cc3[nH]ncc23)CC1. The number of hydrogen-bond donors (Lipinski definition) is 1. The number of aromatic nitrogens is 2. The fourth-order valence-corrected chi connectivity index (χ4v) is 3.27. The summed E-state index contributed by atoms with van der Waals surface area (Å²) in [5.74, 6) is 0.706. The van der Waals surface area contributed by atoms with Crippen LogP contribution < -0.4 is 0 Å². The summed E-state index contributed by atoms with van der Waals surface area (Å²) in [5, 5.41) is 8.97. The van der Waals surface area contributed by atoms with Gasteiger partial charge >= 0.3 is 0 Å². The molecule has 0 unspecified atom stereocenters. The van der Waals surface area contributed by atoms with Gasteiger partial charge in [0, 0.05) is 29.9 Å². The van der Waals surface area contributed by atoms with Crippen LogP contribution in [0.4, 0.5) is 0 Å². The Morgan fingerprint density at radius 1 is 1.45 bits per heavy atom. The molecule has 0 spiro atoms. The number of carbonyl (C=O) groups is 1. The zero-order valence-corrected chi connectivity index (χ0v) is 12.3. The van der Waals surface area contributed by atoms with Gasteiger partial charge in [0.2, 0.25) is 5.91 Å². The third kappa shape index (κ3) is 2.40. The number of fused-ring (bicyclic) bond motifs is 1. The smallest absolute Gasteiger partial charge is 0.222 e. The second-order valence-corrected chi connectivity index (χ2v) is 5.77. The molecule has 1 amide bonds. The Morgan fingerprint density at radius 3 is 2.90 bits per heavy atom. The highest BCUT2D eigenvalue weighted by molar-refractivity contribution is 6.31. The molecule has 1 N–H and O–H groups in total. The molecule has 1 aliphatic heterocycles. The third-order valence-electron chi connectivity index (χ3n) is 4.15. The Bertz CT molecular complexity index is 629. The number of aromatic amines is 1. The van der Waals surface area contributed by atoms with Gasteiger partial charge in [-0.2, -0.15) is 5.10 Å². The number of nitrogens with zero attached hydrogens (tertiary/aromatic N) is 2. The Kier molecular flexibility index (Phi) is 3.66. The lowest BCUT2D eigenvalue weighted by molar-refractivity contribution is -0.131. The number of carbonyl (C=O) groups excluding carboxylic acids is 1. The average molecular weight is 292 g/mol. The maximum atomic E-state index is 11.7. The van der Waals surface area contributed by atoms with Crippen molar-refractivity contribution in [2.24, 2.45) is 0 Å².